The maximum atomic E-state index is 10.8. The molecule has 0 radical (unpaired) electrons. The third kappa shape index (κ3) is 2.55. The number of benzene rings is 2. The fraction of sp³-hybridized carbons (Fsp3) is 0.167. The zero-order valence-electron chi connectivity index (χ0n) is 9.71. The summed E-state index contributed by atoms with van der Waals surface area (Å²) in [5.74, 6) is -0.631. The second-order valence-corrected chi connectivity index (χ2v) is 5.75. The number of anilines is 1. The zero-order valence-corrected chi connectivity index (χ0v) is 10.5. The van der Waals surface area contributed by atoms with Crippen LogP contribution in [0.2, 0.25) is 0 Å². The first-order valence-electron chi connectivity index (χ1n) is 5.23. The average molecular weight is 267 g/mol. The minimum absolute atomic E-state index is 0.0938. The molecule has 0 heterocycles. The number of phenols is 1. The van der Waals surface area contributed by atoms with Gasteiger partial charge in [0.25, 0.3) is 10.1 Å². The van der Waals surface area contributed by atoms with Crippen LogP contribution >= 0.6 is 0 Å². The minimum Gasteiger partial charge on any atom is -0.507 e. The van der Waals surface area contributed by atoms with Gasteiger partial charge < -0.3 is 10.8 Å². The van der Waals surface area contributed by atoms with Crippen molar-refractivity contribution >= 4 is 26.6 Å². The van der Waals surface area contributed by atoms with Gasteiger partial charge in [-0.3, -0.25) is 4.55 Å². The summed E-state index contributed by atoms with van der Waals surface area (Å²) in [5.41, 5.74) is 7.46. The number of aromatic hydroxyl groups is 1. The third-order valence-corrected chi connectivity index (χ3v) is 3.31. The van der Waals surface area contributed by atoms with E-state index < -0.39 is 15.9 Å². The average Bonchev–Trinajstić information content (AvgIpc) is 2.11. The van der Waals surface area contributed by atoms with Crippen LogP contribution in [-0.4, -0.2) is 18.1 Å². The molecule has 4 N–H and O–H groups in total. The summed E-state index contributed by atoms with van der Waals surface area (Å²) < 4.78 is 30.5. The number of nitrogen functional groups attached to an aromatic ring is 1. The number of hydrogen-bond donors (Lipinski definition) is 3. The number of nitrogens with two attached hydrogens (primary N) is 1. The van der Waals surface area contributed by atoms with Crippen molar-refractivity contribution in [2.75, 3.05) is 5.73 Å². The highest BCUT2D eigenvalue weighted by Crippen LogP contribution is 2.32. The summed E-state index contributed by atoms with van der Waals surface area (Å²) in [6.45, 7) is 1.85. The summed E-state index contributed by atoms with van der Waals surface area (Å²) in [6.07, 6.45) is 0. The van der Waals surface area contributed by atoms with Gasteiger partial charge in [-0.25, -0.2) is 0 Å². The van der Waals surface area contributed by atoms with Crippen LogP contribution in [0, 0.1) is 6.92 Å². The Morgan fingerprint density at radius 1 is 1.22 bits per heavy atom. The Bertz CT molecular complexity index is 722. The smallest absolute Gasteiger partial charge is 0.269 e. The first kappa shape index (κ1) is 12.7. The number of rotatable bonds is 2. The van der Waals surface area contributed by atoms with Crippen molar-refractivity contribution in [2.24, 2.45) is 0 Å². The van der Waals surface area contributed by atoms with Gasteiger partial charge in [0, 0.05) is 11.1 Å². The second-order valence-electron chi connectivity index (χ2n) is 4.29. The fourth-order valence-corrected chi connectivity index (χ4v) is 2.62. The maximum Gasteiger partial charge on any atom is 0.269 e. The van der Waals surface area contributed by atoms with Crippen LogP contribution in [0.1, 0.15) is 11.1 Å². The van der Waals surface area contributed by atoms with E-state index in [4.69, 9.17) is 10.3 Å². The van der Waals surface area contributed by atoms with Crippen molar-refractivity contribution in [3.05, 3.63) is 35.4 Å². The van der Waals surface area contributed by atoms with Crippen LogP contribution in [0.25, 0.3) is 10.8 Å². The van der Waals surface area contributed by atoms with E-state index in [1.807, 2.05) is 6.92 Å². The zero-order chi connectivity index (χ0) is 13.5. The van der Waals surface area contributed by atoms with Crippen molar-refractivity contribution < 1.29 is 18.1 Å². The molecule has 0 aliphatic rings. The summed E-state index contributed by atoms with van der Waals surface area (Å²) in [6, 6.07) is 6.40. The van der Waals surface area contributed by atoms with Crippen molar-refractivity contribution in [3.8, 4) is 5.75 Å². The molecule has 2 rings (SSSR count). The number of aryl methyl sites for hydroxylation is 1. The van der Waals surface area contributed by atoms with Crippen molar-refractivity contribution in [3.63, 3.8) is 0 Å². The van der Waals surface area contributed by atoms with Gasteiger partial charge in [-0.05, 0) is 41.6 Å². The van der Waals surface area contributed by atoms with E-state index >= 15 is 0 Å². The highest BCUT2D eigenvalue weighted by molar-refractivity contribution is 7.85. The van der Waals surface area contributed by atoms with Gasteiger partial charge in [-0.15, -0.1) is 0 Å². The predicted molar refractivity (Wildman–Crippen MR) is 70.0 cm³/mol. The summed E-state index contributed by atoms with van der Waals surface area (Å²) >= 11 is 0. The second kappa shape index (κ2) is 4.15. The Hall–Kier alpha value is -1.79. The third-order valence-electron chi connectivity index (χ3n) is 2.61. The van der Waals surface area contributed by atoms with Crippen LogP contribution < -0.4 is 5.73 Å². The molecule has 0 spiro atoms. The van der Waals surface area contributed by atoms with Gasteiger partial charge in [0.2, 0.25) is 0 Å². The summed E-state index contributed by atoms with van der Waals surface area (Å²) in [5, 5.41) is 11.0. The lowest BCUT2D eigenvalue weighted by Gasteiger charge is -2.09. The first-order chi connectivity index (χ1) is 8.26. The highest BCUT2D eigenvalue weighted by Gasteiger charge is 2.11. The molecule has 0 bridgehead atoms. The lowest BCUT2D eigenvalue weighted by Crippen LogP contribution is -2.01. The molecular weight excluding hydrogens is 254 g/mol. The fourth-order valence-electron chi connectivity index (χ4n) is 2.04. The maximum absolute atomic E-state index is 10.8. The van der Waals surface area contributed by atoms with E-state index in [1.165, 1.54) is 6.07 Å². The molecule has 0 saturated carbocycles. The molecule has 5 nitrogen and oxygen atoms in total. The Balaban J connectivity index is 2.69. The normalized spacial score (nSPS) is 11.9. The van der Waals surface area contributed by atoms with Crippen LogP contribution in [0.15, 0.2) is 24.3 Å². The highest BCUT2D eigenvalue weighted by atomic mass is 32.2. The molecule has 2 aromatic rings. The molecule has 2 aromatic carbocycles. The molecule has 0 fully saturated rings. The molecule has 0 unspecified atom stereocenters. The quantitative estimate of drug-likeness (QED) is 0.569. The SMILES string of the molecule is Cc1cc(N)c2c(O)cc(CS(=O)(=O)O)cc2c1. The lowest BCUT2D eigenvalue weighted by atomic mass is 10.0. The van der Waals surface area contributed by atoms with E-state index in [9.17, 15) is 13.5 Å². The van der Waals surface area contributed by atoms with E-state index in [-0.39, 0.29) is 5.75 Å². The van der Waals surface area contributed by atoms with E-state index in [2.05, 4.69) is 0 Å². The van der Waals surface area contributed by atoms with Gasteiger partial charge in [-0.2, -0.15) is 8.42 Å². The van der Waals surface area contributed by atoms with Crippen LogP contribution in [-0.2, 0) is 15.9 Å². The topological polar surface area (TPSA) is 101 Å². The Morgan fingerprint density at radius 2 is 1.89 bits per heavy atom. The molecule has 18 heavy (non-hydrogen) atoms. The van der Waals surface area contributed by atoms with Crippen LogP contribution in [0.4, 0.5) is 5.69 Å². The van der Waals surface area contributed by atoms with Gasteiger partial charge in [0.15, 0.2) is 0 Å². The number of phenolic OH excluding ortho intramolecular Hbond substituents is 1. The predicted octanol–water partition coefficient (Wildman–Crippen LogP) is 1.82. The van der Waals surface area contributed by atoms with E-state index in [1.54, 1.807) is 18.2 Å². The van der Waals surface area contributed by atoms with Crippen molar-refractivity contribution in [1.29, 1.82) is 0 Å². The number of fused-ring (bicyclic) bond motifs is 1. The Morgan fingerprint density at radius 3 is 2.50 bits per heavy atom. The minimum atomic E-state index is -4.13. The largest absolute Gasteiger partial charge is 0.507 e. The summed E-state index contributed by atoms with van der Waals surface area (Å²) in [4.78, 5) is 0. The van der Waals surface area contributed by atoms with Crippen molar-refractivity contribution in [2.45, 2.75) is 12.7 Å². The van der Waals surface area contributed by atoms with Gasteiger partial charge in [-0.1, -0.05) is 6.07 Å². The van der Waals surface area contributed by atoms with Crippen molar-refractivity contribution in [1.82, 2.24) is 0 Å². The first-order valence-corrected chi connectivity index (χ1v) is 6.84. The monoisotopic (exact) mass is 267 g/mol. The molecule has 0 aliphatic heterocycles. The Kier molecular flexibility index (Phi) is 2.92. The van der Waals surface area contributed by atoms with Gasteiger partial charge in [0.05, 0.1) is 0 Å². The Labute approximate surface area is 105 Å². The van der Waals surface area contributed by atoms with Gasteiger partial charge >= 0.3 is 0 Å². The van der Waals surface area contributed by atoms with E-state index in [0.717, 1.165) is 5.56 Å². The molecule has 0 aliphatic carbocycles. The molecule has 0 aromatic heterocycles. The molecule has 96 valence electrons. The molecule has 6 heteroatoms. The van der Waals surface area contributed by atoms with Crippen LogP contribution in [0.5, 0.6) is 5.75 Å². The standard InChI is InChI=1S/C12H13NO4S/c1-7-2-9-4-8(6-18(15,16)17)5-11(14)12(9)10(13)3-7/h2-5,14H,6,13H2,1H3,(H,15,16,17). The molecular formula is C12H13NO4S. The lowest BCUT2D eigenvalue weighted by molar-refractivity contribution is 0.479. The molecule has 0 saturated heterocycles. The number of hydrogen-bond acceptors (Lipinski definition) is 4. The van der Waals surface area contributed by atoms with E-state index in [0.29, 0.717) is 22.0 Å². The van der Waals surface area contributed by atoms with Gasteiger partial charge in [0.1, 0.15) is 11.5 Å². The van der Waals surface area contributed by atoms with Crippen LogP contribution in [0.3, 0.4) is 0 Å². The molecule has 0 atom stereocenters. The molecule has 0 amide bonds. The summed E-state index contributed by atoms with van der Waals surface area (Å²) in [7, 11) is -4.13.